The van der Waals surface area contributed by atoms with Crippen LogP contribution in [-0.2, 0) is 9.59 Å². The molecule has 2 aromatic rings. The predicted octanol–water partition coefficient (Wildman–Crippen LogP) is 2.39. The number of thioether (sulfide) groups is 1. The fourth-order valence-corrected chi connectivity index (χ4v) is 3.18. The van der Waals surface area contributed by atoms with Crippen LogP contribution in [0, 0.1) is 0 Å². The Labute approximate surface area is 162 Å². The molecule has 0 aliphatic carbocycles. The molecule has 1 aromatic heterocycles. The van der Waals surface area contributed by atoms with Gasteiger partial charge >= 0.3 is 0 Å². The number of halogens is 1. The maximum Gasteiger partial charge on any atom is 0.240 e. The van der Waals surface area contributed by atoms with Crippen LogP contribution in [0.2, 0.25) is 5.02 Å². The lowest BCUT2D eigenvalue weighted by Crippen LogP contribution is -2.46. The monoisotopic (exact) mass is 395 g/mol. The molecule has 0 aliphatic heterocycles. The Morgan fingerprint density at radius 3 is 2.73 bits per heavy atom. The van der Waals surface area contributed by atoms with E-state index in [4.69, 9.17) is 11.6 Å². The highest BCUT2D eigenvalue weighted by Crippen LogP contribution is 2.21. The van der Waals surface area contributed by atoms with Gasteiger partial charge in [-0.05, 0) is 39.0 Å². The van der Waals surface area contributed by atoms with E-state index in [-0.39, 0.29) is 29.7 Å². The second-order valence-electron chi connectivity index (χ2n) is 6.80. The first kappa shape index (κ1) is 20.3. The van der Waals surface area contributed by atoms with Gasteiger partial charge in [0.25, 0.3) is 0 Å². The zero-order valence-corrected chi connectivity index (χ0v) is 16.8. The molecule has 0 saturated carbocycles. The molecule has 9 heteroatoms. The van der Waals surface area contributed by atoms with E-state index in [1.807, 2.05) is 32.9 Å². The lowest BCUT2D eigenvalue weighted by atomic mass is 10.1. The van der Waals surface area contributed by atoms with Gasteiger partial charge in [-0.15, -0.1) is 10.2 Å². The van der Waals surface area contributed by atoms with Crippen LogP contribution in [-0.4, -0.2) is 56.4 Å². The molecule has 0 atom stereocenters. The first-order chi connectivity index (χ1) is 12.2. The fraction of sp³-hybridized carbons (Fsp3) is 0.412. The maximum absolute atomic E-state index is 12.3. The van der Waals surface area contributed by atoms with Gasteiger partial charge in [0.15, 0.2) is 5.16 Å². The largest absolute Gasteiger partial charge is 0.350 e. The van der Waals surface area contributed by atoms with Gasteiger partial charge in [0, 0.05) is 17.6 Å². The van der Waals surface area contributed by atoms with Crippen molar-refractivity contribution in [2.45, 2.75) is 31.5 Å². The van der Waals surface area contributed by atoms with E-state index in [1.54, 1.807) is 30.1 Å². The normalized spacial score (nSPS) is 11.3. The van der Waals surface area contributed by atoms with Gasteiger partial charge in [-0.2, -0.15) is 0 Å². The predicted molar refractivity (Wildman–Crippen MR) is 103 cm³/mol. The summed E-state index contributed by atoms with van der Waals surface area (Å²) in [5.74, 6) is -0.210. The molecular formula is C17H22ClN5O2S. The number of rotatable bonds is 6. The number of carbonyl (C=O) groups is 2. The van der Waals surface area contributed by atoms with E-state index >= 15 is 0 Å². The summed E-state index contributed by atoms with van der Waals surface area (Å²) >= 11 is 7.27. The lowest BCUT2D eigenvalue weighted by Gasteiger charge is -2.23. The van der Waals surface area contributed by atoms with E-state index in [0.717, 1.165) is 5.69 Å². The van der Waals surface area contributed by atoms with E-state index < -0.39 is 0 Å². The number of carbonyl (C=O) groups excluding carboxylic acids is 2. The molecule has 0 fully saturated rings. The Hall–Kier alpha value is -2.06. The summed E-state index contributed by atoms with van der Waals surface area (Å²) in [4.78, 5) is 25.6. The van der Waals surface area contributed by atoms with Crippen LogP contribution < -0.4 is 5.32 Å². The summed E-state index contributed by atoms with van der Waals surface area (Å²) in [6.45, 7) is 5.69. The molecule has 1 N–H and O–H groups in total. The van der Waals surface area contributed by atoms with Gasteiger partial charge in [-0.1, -0.05) is 29.4 Å². The molecule has 0 radical (unpaired) electrons. The zero-order chi connectivity index (χ0) is 19.3. The molecule has 1 aromatic carbocycles. The number of likely N-dealkylation sites (N-methyl/N-ethyl adjacent to an activating group) is 1. The standard InChI is InChI=1S/C17H22ClN5O2S/c1-17(2,3)20-14(24)9-22(4)15(25)10-26-16-21-19-11-23(16)13-7-5-6-12(18)8-13/h5-8,11H,9-10H2,1-4H3,(H,20,24). The Balaban J connectivity index is 1.94. The highest BCUT2D eigenvalue weighted by molar-refractivity contribution is 7.99. The third kappa shape index (κ3) is 6.03. The summed E-state index contributed by atoms with van der Waals surface area (Å²) in [6, 6.07) is 7.28. The van der Waals surface area contributed by atoms with E-state index in [9.17, 15) is 9.59 Å². The van der Waals surface area contributed by atoms with Crippen molar-refractivity contribution in [2.75, 3.05) is 19.3 Å². The Morgan fingerprint density at radius 1 is 1.35 bits per heavy atom. The summed E-state index contributed by atoms with van der Waals surface area (Å²) in [5.41, 5.74) is 0.485. The fourth-order valence-electron chi connectivity index (χ4n) is 2.12. The first-order valence-corrected chi connectivity index (χ1v) is 9.36. The molecule has 2 amide bonds. The van der Waals surface area contributed by atoms with E-state index in [1.165, 1.54) is 16.7 Å². The number of benzene rings is 1. The number of amides is 2. The van der Waals surface area contributed by atoms with Gasteiger partial charge in [-0.25, -0.2) is 0 Å². The molecule has 26 heavy (non-hydrogen) atoms. The van der Waals surface area contributed by atoms with Crippen molar-refractivity contribution in [2.24, 2.45) is 0 Å². The Bertz CT molecular complexity index is 787. The second-order valence-corrected chi connectivity index (χ2v) is 8.18. The number of aromatic nitrogens is 3. The lowest BCUT2D eigenvalue weighted by molar-refractivity contribution is -0.133. The van der Waals surface area contributed by atoms with Crippen LogP contribution in [0.15, 0.2) is 35.7 Å². The van der Waals surface area contributed by atoms with Crippen molar-refractivity contribution in [3.8, 4) is 5.69 Å². The number of nitrogens with one attached hydrogen (secondary N) is 1. The molecule has 1 heterocycles. The molecule has 0 saturated heterocycles. The van der Waals surface area contributed by atoms with Gasteiger partial charge in [0.05, 0.1) is 18.0 Å². The minimum Gasteiger partial charge on any atom is -0.350 e. The van der Waals surface area contributed by atoms with Crippen LogP contribution in [0.5, 0.6) is 0 Å². The average molecular weight is 396 g/mol. The van der Waals surface area contributed by atoms with Crippen molar-refractivity contribution >= 4 is 35.2 Å². The van der Waals surface area contributed by atoms with Crippen LogP contribution >= 0.6 is 23.4 Å². The summed E-state index contributed by atoms with van der Waals surface area (Å²) in [7, 11) is 1.60. The number of nitrogens with zero attached hydrogens (tertiary/aromatic N) is 4. The van der Waals surface area contributed by atoms with Crippen LogP contribution in [0.25, 0.3) is 5.69 Å². The molecule has 0 aliphatic rings. The van der Waals surface area contributed by atoms with Gasteiger partial charge < -0.3 is 10.2 Å². The van der Waals surface area contributed by atoms with Crippen molar-refractivity contribution in [3.63, 3.8) is 0 Å². The van der Waals surface area contributed by atoms with Crippen molar-refractivity contribution in [1.82, 2.24) is 25.0 Å². The van der Waals surface area contributed by atoms with Gasteiger partial charge in [-0.3, -0.25) is 14.2 Å². The SMILES string of the molecule is CN(CC(=O)NC(C)(C)C)C(=O)CSc1nncn1-c1cccc(Cl)c1. The smallest absolute Gasteiger partial charge is 0.240 e. The molecule has 0 unspecified atom stereocenters. The number of hydrogen-bond donors (Lipinski definition) is 1. The Kier molecular flexibility index (Phi) is 6.66. The average Bonchev–Trinajstić information content (AvgIpc) is 2.99. The molecule has 2 rings (SSSR count). The summed E-state index contributed by atoms with van der Waals surface area (Å²) in [5, 5.41) is 12.0. The Morgan fingerprint density at radius 2 is 2.08 bits per heavy atom. The third-order valence-electron chi connectivity index (χ3n) is 3.25. The third-order valence-corrected chi connectivity index (χ3v) is 4.41. The van der Waals surface area contributed by atoms with Crippen molar-refractivity contribution in [1.29, 1.82) is 0 Å². The highest BCUT2D eigenvalue weighted by Gasteiger charge is 2.18. The molecule has 0 spiro atoms. The maximum atomic E-state index is 12.3. The first-order valence-electron chi connectivity index (χ1n) is 7.99. The van der Waals surface area contributed by atoms with E-state index in [2.05, 4.69) is 15.5 Å². The topological polar surface area (TPSA) is 80.1 Å². The van der Waals surface area contributed by atoms with Gasteiger partial charge in [0.2, 0.25) is 11.8 Å². The van der Waals surface area contributed by atoms with Crippen LogP contribution in [0.3, 0.4) is 0 Å². The van der Waals surface area contributed by atoms with Crippen molar-refractivity contribution < 1.29 is 9.59 Å². The minimum absolute atomic E-state index is 0.0116. The summed E-state index contributed by atoms with van der Waals surface area (Å²) < 4.78 is 1.76. The van der Waals surface area contributed by atoms with Crippen LogP contribution in [0.1, 0.15) is 20.8 Å². The van der Waals surface area contributed by atoms with Gasteiger partial charge in [0.1, 0.15) is 6.33 Å². The van der Waals surface area contributed by atoms with Crippen LogP contribution in [0.4, 0.5) is 0 Å². The summed E-state index contributed by atoms with van der Waals surface area (Å²) in [6.07, 6.45) is 1.57. The van der Waals surface area contributed by atoms with E-state index in [0.29, 0.717) is 10.2 Å². The number of hydrogen-bond acceptors (Lipinski definition) is 5. The molecule has 140 valence electrons. The zero-order valence-electron chi connectivity index (χ0n) is 15.2. The molecule has 7 nitrogen and oxygen atoms in total. The quantitative estimate of drug-likeness (QED) is 0.759. The second kappa shape index (κ2) is 8.55. The molecule has 0 bridgehead atoms. The highest BCUT2D eigenvalue weighted by atomic mass is 35.5. The molecular weight excluding hydrogens is 374 g/mol. The van der Waals surface area contributed by atoms with Crippen molar-refractivity contribution in [3.05, 3.63) is 35.6 Å². The minimum atomic E-state index is -0.330.